The molecule has 0 radical (unpaired) electrons. The van der Waals surface area contributed by atoms with E-state index in [-0.39, 0.29) is 5.97 Å². The second-order valence-electron chi connectivity index (χ2n) is 4.39. The lowest BCUT2D eigenvalue weighted by Crippen LogP contribution is -2.09. The maximum atomic E-state index is 11.8. The summed E-state index contributed by atoms with van der Waals surface area (Å²) in [6.45, 7) is 5.94. The zero-order valence-corrected chi connectivity index (χ0v) is 13.2. The van der Waals surface area contributed by atoms with Crippen LogP contribution in [0.25, 0.3) is 5.69 Å². The van der Waals surface area contributed by atoms with Gasteiger partial charge >= 0.3 is 5.97 Å². The van der Waals surface area contributed by atoms with E-state index in [1.54, 1.807) is 29.8 Å². The summed E-state index contributed by atoms with van der Waals surface area (Å²) in [4.78, 5) is 11.8. The lowest BCUT2D eigenvalue weighted by atomic mass is 10.1. The zero-order valence-electron chi connectivity index (χ0n) is 11.6. The van der Waals surface area contributed by atoms with Crippen molar-refractivity contribution in [2.24, 2.45) is 0 Å². The molecule has 1 aromatic heterocycles. The van der Waals surface area contributed by atoms with Crippen molar-refractivity contribution < 1.29 is 9.53 Å². The molecule has 0 amide bonds. The van der Waals surface area contributed by atoms with Crippen LogP contribution >= 0.6 is 15.9 Å². The number of esters is 1. The van der Waals surface area contributed by atoms with Gasteiger partial charge in [0.05, 0.1) is 39.4 Å². The third-order valence-corrected chi connectivity index (χ3v) is 4.12. The van der Waals surface area contributed by atoms with Gasteiger partial charge in [-0.2, -0.15) is 5.10 Å². The maximum Gasteiger partial charge on any atom is 0.338 e. The van der Waals surface area contributed by atoms with Gasteiger partial charge in [-0.3, -0.25) is 0 Å². The van der Waals surface area contributed by atoms with Gasteiger partial charge in [-0.25, -0.2) is 9.48 Å². The fraction of sp³-hybridized carbons (Fsp3) is 0.286. The highest BCUT2D eigenvalue weighted by Crippen LogP contribution is 2.26. The number of rotatable bonds is 3. The van der Waals surface area contributed by atoms with Crippen LogP contribution in [0.15, 0.2) is 22.7 Å². The summed E-state index contributed by atoms with van der Waals surface area (Å²) in [5.41, 5.74) is 9.46. The topological polar surface area (TPSA) is 70.1 Å². The minimum Gasteiger partial charge on any atom is -0.462 e. The van der Waals surface area contributed by atoms with Crippen molar-refractivity contribution >= 4 is 27.6 Å². The average Bonchev–Trinajstić information content (AvgIpc) is 2.67. The summed E-state index contributed by atoms with van der Waals surface area (Å²) in [5, 5.41) is 4.42. The van der Waals surface area contributed by atoms with Crippen molar-refractivity contribution in [3.8, 4) is 5.69 Å². The Morgan fingerprint density at radius 3 is 2.70 bits per heavy atom. The molecule has 0 spiro atoms. The van der Waals surface area contributed by atoms with Gasteiger partial charge in [0.1, 0.15) is 0 Å². The Morgan fingerprint density at radius 1 is 1.45 bits per heavy atom. The number of carbonyl (C=O) groups excluding carboxylic acids is 1. The van der Waals surface area contributed by atoms with Gasteiger partial charge in [-0.15, -0.1) is 0 Å². The number of nitrogens with two attached hydrogens (primary N) is 1. The molecule has 0 bridgehead atoms. The van der Waals surface area contributed by atoms with Crippen molar-refractivity contribution in [3.63, 3.8) is 0 Å². The normalized spacial score (nSPS) is 10.6. The monoisotopic (exact) mass is 337 g/mol. The zero-order chi connectivity index (χ0) is 14.9. The number of hydrogen-bond acceptors (Lipinski definition) is 4. The van der Waals surface area contributed by atoms with E-state index in [1.165, 1.54) is 0 Å². The number of halogens is 1. The number of anilines is 1. The smallest absolute Gasteiger partial charge is 0.338 e. The minimum atomic E-state index is -0.366. The van der Waals surface area contributed by atoms with Crippen molar-refractivity contribution in [2.75, 3.05) is 12.3 Å². The van der Waals surface area contributed by atoms with Crippen LogP contribution in [0.3, 0.4) is 0 Å². The van der Waals surface area contributed by atoms with Crippen molar-refractivity contribution in [1.82, 2.24) is 9.78 Å². The number of hydrogen-bond donors (Lipinski definition) is 1. The Bertz CT molecular complexity index is 665. The molecule has 106 valence electrons. The standard InChI is InChI=1S/C14H16BrN3O2/c1-4-20-14(19)10-5-6-11(16)12(7-10)18-9(3)13(15)8(2)17-18/h5-7H,4,16H2,1-3H3. The predicted molar refractivity (Wildman–Crippen MR) is 81.1 cm³/mol. The molecule has 0 aliphatic heterocycles. The summed E-state index contributed by atoms with van der Waals surface area (Å²) in [6, 6.07) is 5.03. The fourth-order valence-corrected chi connectivity index (χ4v) is 2.17. The second-order valence-corrected chi connectivity index (χ2v) is 5.18. The van der Waals surface area contributed by atoms with E-state index in [0.29, 0.717) is 23.5 Å². The van der Waals surface area contributed by atoms with Gasteiger partial charge in [-0.05, 0) is 54.9 Å². The lowest BCUT2D eigenvalue weighted by molar-refractivity contribution is 0.0526. The van der Waals surface area contributed by atoms with Gasteiger partial charge in [0.25, 0.3) is 0 Å². The summed E-state index contributed by atoms with van der Waals surface area (Å²) in [6.07, 6.45) is 0. The van der Waals surface area contributed by atoms with Crippen LogP contribution in [-0.4, -0.2) is 22.4 Å². The molecule has 2 aromatic rings. The number of aryl methyl sites for hydroxylation is 1. The van der Waals surface area contributed by atoms with Crippen LogP contribution < -0.4 is 5.73 Å². The second kappa shape index (κ2) is 5.66. The van der Waals surface area contributed by atoms with E-state index >= 15 is 0 Å². The average molecular weight is 338 g/mol. The van der Waals surface area contributed by atoms with Crippen LogP contribution in [0.1, 0.15) is 28.7 Å². The first-order valence-electron chi connectivity index (χ1n) is 6.24. The number of nitrogen functional groups attached to an aromatic ring is 1. The van der Waals surface area contributed by atoms with E-state index in [9.17, 15) is 4.79 Å². The molecule has 0 fully saturated rings. The molecule has 0 aliphatic carbocycles. The first-order chi connectivity index (χ1) is 9.45. The Kier molecular flexibility index (Phi) is 4.13. The Balaban J connectivity index is 2.53. The molecule has 0 saturated carbocycles. The highest BCUT2D eigenvalue weighted by Gasteiger charge is 2.15. The van der Waals surface area contributed by atoms with Gasteiger partial charge in [0.15, 0.2) is 0 Å². The molecule has 2 N–H and O–H groups in total. The molecule has 0 saturated heterocycles. The first-order valence-corrected chi connectivity index (χ1v) is 7.03. The van der Waals surface area contributed by atoms with Crippen LogP contribution in [0.5, 0.6) is 0 Å². The van der Waals surface area contributed by atoms with Crippen molar-refractivity contribution in [1.29, 1.82) is 0 Å². The van der Waals surface area contributed by atoms with E-state index in [0.717, 1.165) is 15.9 Å². The summed E-state index contributed by atoms with van der Waals surface area (Å²) >= 11 is 3.48. The molecule has 1 heterocycles. The Hall–Kier alpha value is -1.82. The first kappa shape index (κ1) is 14.6. The summed E-state index contributed by atoms with van der Waals surface area (Å²) in [7, 11) is 0. The van der Waals surface area contributed by atoms with Crippen molar-refractivity contribution in [2.45, 2.75) is 20.8 Å². The van der Waals surface area contributed by atoms with Crippen LogP contribution in [-0.2, 0) is 4.74 Å². The Morgan fingerprint density at radius 2 is 2.15 bits per heavy atom. The molecule has 20 heavy (non-hydrogen) atoms. The molecule has 1 aromatic carbocycles. The van der Waals surface area contributed by atoms with Crippen LogP contribution in [0.2, 0.25) is 0 Å². The summed E-state index contributed by atoms with van der Waals surface area (Å²) < 4.78 is 7.65. The summed E-state index contributed by atoms with van der Waals surface area (Å²) in [5.74, 6) is -0.366. The highest BCUT2D eigenvalue weighted by molar-refractivity contribution is 9.10. The van der Waals surface area contributed by atoms with Crippen molar-refractivity contribution in [3.05, 3.63) is 39.6 Å². The quantitative estimate of drug-likeness (QED) is 0.690. The predicted octanol–water partition coefficient (Wildman–Crippen LogP) is 3.01. The van der Waals surface area contributed by atoms with Gasteiger partial charge in [-0.1, -0.05) is 0 Å². The number of nitrogens with zero attached hydrogens (tertiary/aromatic N) is 2. The Labute approximate surface area is 125 Å². The molecular formula is C14H16BrN3O2. The van der Waals surface area contributed by atoms with E-state index in [2.05, 4.69) is 21.0 Å². The molecule has 0 atom stereocenters. The largest absolute Gasteiger partial charge is 0.462 e. The van der Waals surface area contributed by atoms with E-state index in [4.69, 9.17) is 10.5 Å². The third kappa shape index (κ3) is 2.56. The minimum absolute atomic E-state index is 0.337. The van der Waals surface area contributed by atoms with Crippen LogP contribution in [0, 0.1) is 13.8 Å². The van der Waals surface area contributed by atoms with E-state index in [1.807, 2.05) is 13.8 Å². The SMILES string of the molecule is CCOC(=O)c1ccc(N)c(-n2nc(C)c(Br)c2C)c1. The van der Waals surface area contributed by atoms with Gasteiger partial charge in [0, 0.05) is 0 Å². The molecule has 6 heteroatoms. The maximum absolute atomic E-state index is 11.8. The van der Waals surface area contributed by atoms with E-state index < -0.39 is 0 Å². The third-order valence-electron chi connectivity index (χ3n) is 2.97. The van der Waals surface area contributed by atoms with Gasteiger partial charge < -0.3 is 10.5 Å². The molecule has 0 unspecified atom stereocenters. The number of aromatic nitrogens is 2. The van der Waals surface area contributed by atoms with Crippen LogP contribution in [0.4, 0.5) is 5.69 Å². The van der Waals surface area contributed by atoms with Gasteiger partial charge in [0.2, 0.25) is 0 Å². The molecule has 0 aliphatic rings. The highest BCUT2D eigenvalue weighted by atomic mass is 79.9. The lowest BCUT2D eigenvalue weighted by Gasteiger charge is -2.10. The number of carbonyl (C=O) groups is 1. The number of ether oxygens (including phenoxy) is 1. The molecule has 2 rings (SSSR count). The molecular weight excluding hydrogens is 322 g/mol. The fourth-order valence-electron chi connectivity index (χ4n) is 1.93. The molecule has 5 nitrogen and oxygen atoms in total. The number of benzene rings is 1.